The summed E-state index contributed by atoms with van der Waals surface area (Å²) in [5, 5.41) is 0.627. The molecule has 5 rings (SSSR count). The quantitative estimate of drug-likeness (QED) is 0.676. The normalized spacial score (nSPS) is 21.5. The highest BCUT2D eigenvalue weighted by Crippen LogP contribution is 2.33. The highest BCUT2D eigenvalue weighted by Gasteiger charge is 2.42. The number of oxazole rings is 1. The van der Waals surface area contributed by atoms with Crippen LogP contribution in [0.3, 0.4) is 0 Å². The predicted octanol–water partition coefficient (Wildman–Crippen LogP) is 2.24. The molecule has 1 aromatic carbocycles. The van der Waals surface area contributed by atoms with Gasteiger partial charge in [-0.2, -0.15) is 0 Å². The van der Waals surface area contributed by atoms with Crippen LogP contribution >= 0.6 is 11.6 Å². The molecule has 0 radical (unpaired) electrons. The molecule has 2 saturated heterocycles. The lowest BCUT2D eigenvalue weighted by atomic mass is 10.0. The number of hydrogen-bond donors (Lipinski definition) is 0. The number of carbonyl (C=O) groups excluding carboxylic acids is 1. The smallest absolute Gasteiger partial charge is 0.408 e. The van der Waals surface area contributed by atoms with Gasteiger partial charge in [-0.25, -0.2) is 9.78 Å². The van der Waals surface area contributed by atoms with Gasteiger partial charge in [-0.05, 0) is 24.3 Å². The van der Waals surface area contributed by atoms with E-state index in [9.17, 15) is 9.59 Å². The molecular formula is C20H19ClN4O3. The molecule has 8 heteroatoms. The van der Waals surface area contributed by atoms with Crippen LogP contribution in [0.5, 0.6) is 0 Å². The molecule has 7 nitrogen and oxygen atoms in total. The van der Waals surface area contributed by atoms with Crippen LogP contribution in [0.25, 0.3) is 11.1 Å². The first kappa shape index (κ1) is 17.3. The number of fused-ring (bicyclic) bond motifs is 2. The summed E-state index contributed by atoms with van der Waals surface area (Å²) in [7, 11) is 0. The van der Waals surface area contributed by atoms with E-state index >= 15 is 0 Å². The topological polar surface area (TPSA) is 71.6 Å². The van der Waals surface area contributed by atoms with Gasteiger partial charge in [0.1, 0.15) is 12.4 Å². The molecule has 4 heterocycles. The molecule has 144 valence electrons. The van der Waals surface area contributed by atoms with Gasteiger partial charge in [-0.1, -0.05) is 23.7 Å². The lowest BCUT2D eigenvalue weighted by Gasteiger charge is -2.22. The van der Waals surface area contributed by atoms with Crippen molar-refractivity contribution >= 4 is 34.4 Å². The van der Waals surface area contributed by atoms with E-state index in [2.05, 4.69) is 9.88 Å². The van der Waals surface area contributed by atoms with Crippen LogP contribution in [0, 0.1) is 11.8 Å². The molecular weight excluding hydrogens is 380 g/mol. The number of carbonyl (C=O) groups is 1. The van der Waals surface area contributed by atoms with Gasteiger partial charge in [-0.15, -0.1) is 0 Å². The Balaban J connectivity index is 1.26. The van der Waals surface area contributed by atoms with E-state index in [0.29, 0.717) is 41.0 Å². The molecule has 2 unspecified atom stereocenters. The second-order valence-electron chi connectivity index (χ2n) is 7.48. The van der Waals surface area contributed by atoms with E-state index in [1.807, 2.05) is 23.1 Å². The SMILES string of the molecule is O=C(Cn1c(=O)oc2ccccc21)N1CC2CN(c3ccc(Cl)cn3)CC2C1. The number of para-hydroxylation sites is 2. The van der Waals surface area contributed by atoms with Crippen molar-refractivity contribution in [2.75, 3.05) is 31.1 Å². The molecule has 2 aliphatic rings. The molecule has 0 saturated carbocycles. The van der Waals surface area contributed by atoms with E-state index < -0.39 is 5.76 Å². The van der Waals surface area contributed by atoms with Gasteiger partial charge in [0.2, 0.25) is 5.91 Å². The summed E-state index contributed by atoms with van der Waals surface area (Å²) in [6.07, 6.45) is 1.66. The average molecular weight is 399 g/mol. The molecule has 0 spiro atoms. The number of rotatable bonds is 3. The van der Waals surface area contributed by atoms with Crippen LogP contribution in [-0.4, -0.2) is 46.5 Å². The lowest BCUT2D eigenvalue weighted by Crippen LogP contribution is -2.36. The zero-order chi connectivity index (χ0) is 19.3. The Hall–Kier alpha value is -2.80. The predicted molar refractivity (Wildman–Crippen MR) is 105 cm³/mol. The summed E-state index contributed by atoms with van der Waals surface area (Å²) in [5.41, 5.74) is 1.16. The van der Waals surface area contributed by atoms with Crippen molar-refractivity contribution in [3.05, 3.63) is 58.2 Å². The average Bonchev–Trinajstić information content (AvgIpc) is 3.34. The molecule has 2 fully saturated rings. The van der Waals surface area contributed by atoms with Gasteiger partial charge >= 0.3 is 5.76 Å². The summed E-state index contributed by atoms with van der Waals surface area (Å²) in [5.74, 6) is 1.22. The third-order valence-electron chi connectivity index (χ3n) is 5.74. The zero-order valence-electron chi connectivity index (χ0n) is 15.1. The van der Waals surface area contributed by atoms with Gasteiger partial charge < -0.3 is 14.2 Å². The van der Waals surface area contributed by atoms with Crippen LogP contribution < -0.4 is 10.7 Å². The van der Waals surface area contributed by atoms with E-state index in [1.165, 1.54) is 4.57 Å². The minimum Gasteiger partial charge on any atom is -0.408 e. The summed E-state index contributed by atoms with van der Waals surface area (Å²) in [6.45, 7) is 3.17. The first-order valence-corrected chi connectivity index (χ1v) is 9.69. The fourth-order valence-corrected chi connectivity index (χ4v) is 4.45. The van der Waals surface area contributed by atoms with Crippen molar-refractivity contribution in [2.24, 2.45) is 11.8 Å². The molecule has 0 bridgehead atoms. The van der Waals surface area contributed by atoms with Gasteiger partial charge in [0.15, 0.2) is 5.58 Å². The minimum absolute atomic E-state index is 0.0116. The summed E-state index contributed by atoms with van der Waals surface area (Å²) in [6, 6.07) is 10.9. The number of aromatic nitrogens is 2. The molecule has 2 atom stereocenters. The standard InChI is InChI=1S/C20H19ClN4O3/c21-15-5-6-18(22-7-15)23-8-13-10-24(11-14(13)9-23)19(26)12-25-16-3-1-2-4-17(16)28-20(25)27/h1-7,13-14H,8-12H2. The zero-order valence-corrected chi connectivity index (χ0v) is 15.9. The molecule has 3 aromatic rings. The maximum Gasteiger partial charge on any atom is 0.420 e. The number of amides is 1. The number of hydrogen-bond acceptors (Lipinski definition) is 5. The molecule has 2 aromatic heterocycles. The Bertz CT molecular complexity index is 1080. The molecule has 2 aliphatic heterocycles. The summed E-state index contributed by atoms with van der Waals surface area (Å²) < 4.78 is 6.63. The third-order valence-corrected chi connectivity index (χ3v) is 5.97. The van der Waals surface area contributed by atoms with Gasteiger partial charge in [-0.3, -0.25) is 9.36 Å². The van der Waals surface area contributed by atoms with Crippen molar-refractivity contribution in [1.29, 1.82) is 0 Å². The minimum atomic E-state index is -0.492. The van der Waals surface area contributed by atoms with Crippen molar-refractivity contribution in [1.82, 2.24) is 14.5 Å². The Labute approximate surface area is 166 Å². The number of pyridine rings is 1. The van der Waals surface area contributed by atoms with Crippen molar-refractivity contribution in [2.45, 2.75) is 6.54 Å². The molecule has 28 heavy (non-hydrogen) atoms. The number of halogens is 1. The number of likely N-dealkylation sites (tertiary alicyclic amines) is 1. The Kier molecular flexibility index (Phi) is 4.12. The summed E-state index contributed by atoms with van der Waals surface area (Å²) in [4.78, 5) is 33.4. The van der Waals surface area contributed by atoms with E-state index in [0.717, 1.165) is 18.9 Å². The highest BCUT2D eigenvalue weighted by atomic mass is 35.5. The van der Waals surface area contributed by atoms with Crippen molar-refractivity contribution in [3.63, 3.8) is 0 Å². The van der Waals surface area contributed by atoms with Gasteiger partial charge in [0, 0.05) is 44.2 Å². The Morgan fingerprint density at radius 3 is 2.57 bits per heavy atom. The van der Waals surface area contributed by atoms with Crippen molar-refractivity contribution < 1.29 is 9.21 Å². The number of benzene rings is 1. The van der Waals surface area contributed by atoms with Crippen LogP contribution in [0.15, 0.2) is 51.8 Å². The molecule has 0 N–H and O–H groups in total. The first-order chi connectivity index (χ1) is 13.6. The summed E-state index contributed by atoms with van der Waals surface area (Å²) >= 11 is 5.92. The number of nitrogens with zero attached hydrogens (tertiary/aromatic N) is 4. The second kappa shape index (κ2) is 6.67. The van der Waals surface area contributed by atoms with Gasteiger partial charge in [0.25, 0.3) is 0 Å². The first-order valence-electron chi connectivity index (χ1n) is 9.31. The van der Waals surface area contributed by atoms with Crippen LogP contribution in [0.2, 0.25) is 5.02 Å². The van der Waals surface area contributed by atoms with E-state index in [-0.39, 0.29) is 12.5 Å². The third kappa shape index (κ3) is 2.96. The van der Waals surface area contributed by atoms with E-state index in [4.69, 9.17) is 16.0 Å². The largest absolute Gasteiger partial charge is 0.420 e. The maximum absolute atomic E-state index is 12.8. The van der Waals surface area contributed by atoms with Crippen LogP contribution in [0.1, 0.15) is 0 Å². The second-order valence-corrected chi connectivity index (χ2v) is 7.92. The van der Waals surface area contributed by atoms with E-state index in [1.54, 1.807) is 24.4 Å². The fourth-order valence-electron chi connectivity index (χ4n) is 4.34. The monoisotopic (exact) mass is 398 g/mol. The van der Waals surface area contributed by atoms with Gasteiger partial charge in [0.05, 0.1) is 10.5 Å². The van der Waals surface area contributed by atoms with Crippen molar-refractivity contribution in [3.8, 4) is 0 Å². The fraction of sp³-hybridized carbons (Fsp3) is 0.350. The highest BCUT2D eigenvalue weighted by molar-refractivity contribution is 6.30. The Morgan fingerprint density at radius 2 is 1.86 bits per heavy atom. The number of anilines is 1. The lowest BCUT2D eigenvalue weighted by molar-refractivity contribution is -0.131. The Morgan fingerprint density at radius 1 is 1.11 bits per heavy atom. The maximum atomic E-state index is 12.8. The molecule has 0 aliphatic carbocycles. The van der Waals surface area contributed by atoms with Crippen LogP contribution in [-0.2, 0) is 11.3 Å². The molecule has 1 amide bonds. The van der Waals surface area contributed by atoms with Crippen LogP contribution in [0.4, 0.5) is 5.82 Å².